The van der Waals surface area contributed by atoms with E-state index in [2.05, 4.69) is 34.7 Å². The molecule has 0 radical (unpaired) electrons. The number of anilines is 1. The quantitative estimate of drug-likeness (QED) is 0.249. The Morgan fingerprint density at radius 3 is 2.67 bits per heavy atom. The van der Waals surface area contributed by atoms with Gasteiger partial charge in [-0.05, 0) is 37.3 Å². The van der Waals surface area contributed by atoms with Crippen LogP contribution in [0.4, 0.5) is 5.82 Å². The summed E-state index contributed by atoms with van der Waals surface area (Å²) in [5, 5.41) is 8.18. The Kier molecular flexibility index (Phi) is 9.84. The fourth-order valence-corrected chi connectivity index (χ4v) is 3.40. The van der Waals surface area contributed by atoms with Crippen molar-refractivity contribution in [3.05, 3.63) is 29.5 Å². The van der Waals surface area contributed by atoms with E-state index in [-0.39, 0.29) is 5.91 Å². The topological polar surface area (TPSA) is 84.1 Å². The van der Waals surface area contributed by atoms with E-state index in [1.807, 2.05) is 11.0 Å². The van der Waals surface area contributed by atoms with Crippen LogP contribution in [0.15, 0.2) is 18.2 Å². The van der Waals surface area contributed by atoms with E-state index in [4.69, 9.17) is 5.84 Å². The van der Waals surface area contributed by atoms with E-state index in [0.717, 1.165) is 37.1 Å². The van der Waals surface area contributed by atoms with Gasteiger partial charge in [0.15, 0.2) is 5.82 Å². The third-order valence-electron chi connectivity index (χ3n) is 5.09. The highest BCUT2D eigenvalue weighted by Crippen LogP contribution is 2.20. The normalized spacial score (nSPS) is 13.8. The van der Waals surface area contributed by atoms with Crippen molar-refractivity contribution in [2.45, 2.75) is 84.1 Å². The fraction of sp³-hybridized carbons (Fsp3) is 0.667. The molecule has 6 nitrogen and oxygen atoms in total. The highest BCUT2D eigenvalue weighted by molar-refractivity contribution is 5.76. The first-order valence-electron chi connectivity index (χ1n) is 10.5. The number of nitrogens with zero attached hydrogens (tertiary/aromatic N) is 3. The number of nitrogens with two attached hydrogens (primary N) is 1. The first-order valence-corrected chi connectivity index (χ1v) is 10.5. The van der Waals surface area contributed by atoms with E-state index in [1.54, 1.807) is 0 Å². The molecule has 0 saturated heterocycles. The maximum atomic E-state index is 12.5. The largest absolute Gasteiger partial charge is 0.338 e. The molecule has 0 aliphatic carbocycles. The second-order valence-corrected chi connectivity index (χ2v) is 7.33. The van der Waals surface area contributed by atoms with E-state index in [0.29, 0.717) is 18.8 Å². The fourth-order valence-electron chi connectivity index (χ4n) is 3.40. The molecule has 3 N–H and O–H groups in total. The summed E-state index contributed by atoms with van der Waals surface area (Å²) in [6.07, 6.45) is 16.9. The van der Waals surface area contributed by atoms with Gasteiger partial charge in [-0.25, -0.2) is 5.84 Å². The molecule has 0 saturated carbocycles. The van der Waals surface area contributed by atoms with Gasteiger partial charge in [0.25, 0.3) is 0 Å². The maximum absolute atomic E-state index is 12.5. The van der Waals surface area contributed by atoms with Crippen molar-refractivity contribution in [1.82, 2.24) is 15.1 Å². The summed E-state index contributed by atoms with van der Waals surface area (Å²) in [5.41, 5.74) is 4.53. The number of fused-ring (bicyclic) bond motifs is 1. The molecule has 0 atom stereocenters. The predicted molar refractivity (Wildman–Crippen MR) is 110 cm³/mol. The molecule has 1 aromatic heterocycles. The van der Waals surface area contributed by atoms with Crippen molar-refractivity contribution >= 4 is 11.7 Å². The Morgan fingerprint density at radius 2 is 1.89 bits per heavy atom. The van der Waals surface area contributed by atoms with E-state index >= 15 is 0 Å². The van der Waals surface area contributed by atoms with Gasteiger partial charge >= 0.3 is 0 Å². The lowest BCUT2D eigenvalue weighted by Gasteiger charge is -2.28. The number of amides is 1. The molecule has 0 unspecified atom stereocenters. The maximum Gasteiger partial charge on any atom is 0.222 e. The van der Waals surface area contributed by atoms with Crippen molar-refractivity contribution in [2.24, 2.45) is 5.84 Å². The molecule has 1 aromatic rings. The van der Waals surface area contributed by atoms with Gasteiger partial charge in [-0.1, -0.05) is 51.2 Å². The monoisotopic (exact) mass is 373 g/mol. The number of carbonyl (C=O) groups is 1. The van der Waals surface area contributed by atoms with Gasteiger partial charge in [-0.15, -0.1) is 5.10 Å². The molecular formula is C21H35N5O. The summed E-state index contributed by atoms with van der Waals surface area (Å²) in [6, 6.07) is 1.89. The molecule has 1 aliphatic heterocycles. The molecule has 0 aromatic carbocycles. The van der Waals surface area contributed by atoms with Crippen molar-refractivity contribution in [3.63, 3.8) is 0 Å². The van der Waals surface area contributed by atoms with E-state index in [9.17, 15) is 4.79 Å². The predicted octanol–water partition coefficient (Wildman–Crippen LogP) is 4.12. The smallest absolute Gasteiger partial charge is 0.222 e. The van der Waals surface area contributed by atoms with Gasteiger partial charge in [0, 0.05) is 25.9 Å². The first-order chi connectivity index (χ1) is 13.2. The minimum atomic E-state index is 0.249. The number of hydrogen-bond acceptors (Lipinski definition) is 5. The molecule has 2 heterocycles. The molecule has 0 fully saturated rings. The standard InChI is InChI=1S/C21H35N5O/c1-2-3-4-5-6-7-8-9-10-11-12-13-21(27)26-15-14-19-18(17-26)16-20(23-22)25-24-19/h5-6,16H,2-4,7-15,17,22H2,1H3,(H,23,25)/b6-5-. The lowest BCUT2D eigenvalue weighted by atomic mass is 10.0. The Hall–Kier alpha value is -1.95. The third-order valence-corrected chi connectivity index (χ3v) is 5.09. The lowest BCUT2D eigenvalue weighted by Crippen LogP contribution is -2.36. The number of nitrogen functional groups attached to an aromatic ring is 1. The molecule has 2 rings (SSSR count). The lowest BCUT2D eigenvalue weighted by molar-refractivity contribution is -0.132. The average Bonchev–Trinajstić information content (AvgIpc) is 2.71. The van der Waals surface area contributed by atoms with Gasteiger partial charge in [0.2, 0.25) is 5.91 Å². The number of aromatic nitrogens is 2. The molecule has 150 valence electrons. The van der Waals surface area contributed by atoms with Crippen molar-refractivity contribution in [2.75, 3.05) is 12.0 Å². The van der Waals surface area contributed by atoms with Crippen LogP contribution < -0.4 is 11.3 Å². The zero-order chi connectivity index (χ0) is 19.3. The van der Waals surface area contributed by atoms with Crippen LogP contribution in [0.1, 0.15) is 82.4 Å². The molecule has 1 amide bonds. The number of unbranched alkanes of at least 4 members (excludes halogenated alkanes) is 7. The van der Waals surface area contributed by atoms with Crippen LogP contribution >= 0.6 is 0 Å². The van der Waals surface area contributed by atoms with Gasteiger partial charge in [0.05, 0.1) is 5.69 Å². The Morgan fingerprint density at radius 1 is 1.15 bits per heavy atom. The van der Waals surface area contributed by atoms with Crippen molar-refractivity contribution in [3.8, 4) is 0 Å². The zero-order valence-corrected chi connectivity index (χ0v) is 16.8. The van der Waals surface area contributed by atoms with Crippen LogP contribution in [0, 0.1) is 0 Å². The highest BCUT2D eigenvalue weighted by Gasteiger charge is 2.21. The van der Waals surface area contributed by atoms with E-state index < -0.39 is 0 Å². The number of allylic oxidation sites excluding steroid dienone is 2. The minimum absolute atomic E-state index is 0.249. The van der Waals surface area contributed by atoms with E-state index in [1.165, 1.54) is 44.9 Å². The molecular weight excluding hydrogens is 338 g/mol. The molecule has 1 aliphatic rings. The highest BCUT2D eigenvalue weighted by atomic mass is 16.2. The first kappa shape index (κ1) is 21.4. The third kappa shape index (κ3) is 7.67. The van der Waals surface area contributed by atoms with Crippen LogP contribution in [0.25, 0.3) is 0 Å². The average molecular weight is 374 g/mol. The summed E-state index contributed by atoms with van der Waals surface area (Å²) < 4.78 is 0. The molecule has 6 heteroatoms. The summed E-state index contributed by atoms with van der Waals surface area (Å²) in [7, 11) is 0. The van der Waals surface area contributed by atoms with Gasteiger partial charge in [-0.2, -0.15) is 5.10 Å². The number of hydrogen-bond donors (Lipinski definition) is 2. The Bertz CT molecular complexity index is 602. The van der Waals surface area contributed by atoms with Crippen molar-refractivity contribution in [1.29, 1.82) is 0 Å². The Labute approximate surface area is 163 Å². The van der Waals surface area contributed by atoms with Gasteiger partial charge in [-0.3, -0.25) is 4.79 Å². The minimum Gasteiger partial charge on any atom is -0.338 e. The van der Waals surface area contributed by atoms with Crippen LogP contribution in [-0.4, -0.2) is 27.5 Å². The van der Waals surface area contributed by atoms with Gasteiger partial charge in [0.1, 0.15) is 0 Å². The van der Waals surface area contributed by atoms with Crippen LogP contribution in [-0.2, 0) is 17.8 Å². The molecule has 27 heavy (non-hydrogen) atoms. The van der Waals surface area contributed by atoms with Crippen LogP contribution in [0.3, 0.4) is 0 Å². The number of hydrazine groups is 1. The number of carbonyl (C=O) groups excluding carboxylic acids is 1. The van der Waals surface area contributed by atoms with Crippen molar-refractivity contribution < 1.29 is 4.79 Å². The summed E-state index contributed by atoms with van der Waals surface area (Å²) in [6.45, 7) is 3.58. The summed E-state index contributed by atoms with van der Waals surface area (Å²) in [4.78, 5) is 14.4. The SMILES string of the molecule is CCCC/C=C\CCCCCCCC(=O)N1CCc2nnc(NN)cc2C1. The van der Waals surface area contributed by atoms with Gasteiger partial charge < -0.3 is 10.3 Å². The molecule has 0 spiro atoms. The van der Waals surface area contributed by atoms with Crippen LogP contribution in [0.5, 0.6) is 0 Å². The Balaban J connectivity index is 1.56. The molecule has 0 bridgehead atoms. The summed E-state index contributed by atoms with van der Waals surface area (Å²) >= 11 is 0. The zero-order valence-electron chi connectivity index (χ0n) is 16.8. The summed E-state index contributed by atoms with van der Waals surface area (Å²) in [5.74, 6) is 6.19. The van der Waals surface area contributed by atoms with Crippen LogP contribution in [0.2, 0.25) is 0 Å². The number of nitrogens with one attached hydrogen (secondary N) is 1. The number of rotatable bonds is 12. The second kappa shape index (κ2) is 12.4. The second-order valence-electron chi connectivity index (χ2n) is 7.33.